The lowest BCUT2D eigenvalue weighted by atomic mass is 9.99. The first-order valence-electron chi connectivity index (χ1n) is 11.0. The fourth-order valence-corrected chi connectivity index (χ4v) is 4.69. The predicted octanol–water partition coefficient (Wildman–Crippen LogP) is 8.43. The van der Waals surface area contributed by atoms with Crippen LogP contribution in [0.1, 0.15) is 5.56 Å². The Balaban J connectivity index is 1.66. The Bertz CT molecular complexity index is 1560. The molecule has 0 saturated carbocycles. The van der Waals surface area contributed by atoms with Crippen molar-refractivity contribution >= 4 is 21.8 Å². The van der Waals surface area contributed by atoms with Crippen LogP contribution in [-0.2, 0) is 0 Å². The molecule has 0 saturated heterocycles. The van der Waals surface area contributed by atoms with Crippen molar-refractivity contribution in [2.24, 2.45) is 0 Å². The molecule has 1 heterocycles. The van der Waals surface area contributed by atoms with Crippen LogP contribution in [0.15, 0.2) is 121 Å². The minimum atomic E-state index is 1.18. The van der Waals surface area contributed by atoms with Crippen LogP contribution in [0.3, 0.4) is 0 Å². The van der Waals surface area contributed by atoms with E-state index in [9.17, 15) is 0 Å². The van der Waals surface area contributed by atoms with Gasteiger partial charge in [0, 0.05) is 16.5 Å². The van der Waals surface area contributed by atoms with E-state index in [1.807, 2.05) is 0 Å². The molecule has 0 spiro atoms. The summed E-state index contributed by atoms with van der Waals surface area (Å²) in [6.07, 6.45) is 0. The Hall–Kier alpha value is -4.10. The van der Waals surface area contributed by atoms with Gasteiger partial charge >= 0.3 is 0 Å². The second kappa shape index (κ2) is 7.55. The molecule has 0 bridgehead atoms. The lowest BCUT2D eigenvalue weighted by Gasteiger charge is -2.08. The molecule has 0 amide bonds. The number of nitrogens with zero attached hydrogens (tertiary/aromatic N) is 1. The second-order valence-electron chi connectivity index (χ2n) is 8.37. The van der Waals surface area contributed by atoms with Gasteiger partial charge in [0.05, 0.1) is 11.0 Å². The molecule has 0 aliphatic rings. The van der Waals surface area contributed by atoms with Crippen molar-refractivity contribution in [1.29, 1.82) is 0 Å². The van der Waals surface area contributed by atoms with Crippen LogP contribution in [-0.4, -0.2) is 4.57 Å². The third kappa shape index (κ3) is 3.11. The summed E-state index contributed by atoms with van der Waals surface area (Å²) in [7, 11) is 0. The SMILES string of the molecule is Cc1cccc(-c2ccc3c(c2)c2cc(-c4ccccc4)ccc2n3-c2ccccc2)c1. The van der Waals surface area contributed by atoms with Gasteiger partial charge in [-0.2, -0.15) is 0 Å². The summed E-state index contributed by atoms with van der Waals surface area (Å²) in [6.45, 7) is 2.15. The molecule has 5 aromatic carbocycles. The van der Waals surface area contributed by atoms with E-state index in [4.69, 9.17) is 0 Å². The molecule has 0 radical (unpaired) electrons. The number of hydrogen-bond donors (Lipinski definition) is 0. The first kappa shape index (κ1) is 18.7. The topological polar surface area (TPSA) is 4.93 Å². The molecule has 0 aliphatic heterocycles. The average Bonchev–Trinajstić information content (AvgIpc) is 3.18. The van der Waals surface area contributed by atoms with Gasteiger partial charge in [-0.3, -0.25) is 0 Å². The number of para-hydroxylation sites is 1. The van der Waals surface area contributed by atoms with Crippen LogP contribution in [0.5, 0.6) is 0 Å². The number of aromatic nitrogens is 1. The number of fused-ring (bicyclic) bond motifs is 3. The van der Waals surface area contributed by atoms with E-state index in [0.29, 0.717) is 0 Å². The Kier molecular flexibility index (Phi) is 4.40. The molecule has 1 nitrogen and oxygen atoms in total. The first-order valence-corrected chi connectivity index (χ1v) is 11.0. The molecular formula is C31H23N. The van der Waals surface area contributed by atoms with E-state index in [1.54, 1.807) is 0 Å². The zero-order valence-corrected chi connectivity index (χ0v) is 18.0. The minimum Gasteiger partial charge on any atom is -0.309 e. The summed E-state index contributed by atoms with van der Waals surface area (Å²) in [5.74, 6) is 0. The van der Waals surface area contributed by atoms with Crippen LogP contribution < -0.4 is 0 Å². The maximum Gasteiger partial charge on any atom is 0.0541 e. The fraction of sp³-hybridized carbons (Fsp3) is 0.0323. The van der Waals surface area contributed by atoms with Crippen molar-refractivity contribution in [3.63, 3.8) is 0 Å². The Morgan fingerprint density at radius 3 is 1.59 bits per heavy atom. The van der Waals surface area contributed by atoms with Gasteiger partial charge in [-0.15, -0.1) is 0 Å². The van der Waals surface area contributed by atoms with Crippen molar-refractivity contribution in [3.05, 3.63) is 127 Å². The molecule has 1 aromatic heterocycles. The maximum absolute atomic E-state index is 2.37. The Morgan fingerprint density at radius 1 is 0.438 bits per heavy atom. The summed E-state index contributed by atoms with van der Waals surface area (Å²) < 4.78 is 2.37. The van der Waals surface area contributed by atoms with Crippen molar-refractivity contribution in [2.75, 3.05) is 0 Å². The molecular weight excluding hydrogens is 386 g/mol. The largest absolute Gasteiger partial charge is 0.309 e. The normalized spacial score (nSPS) is 11.3. The fourth-order valence-electron chi connectivity index (χ4n) is 4.69. The van der Waals surface area contributed by atoms with Crippen molar-refractivity contribution in [2.45, 2.75) is 6.92 Å². The van der Waals surface area contributed by atoms with Gasteiger partial charge in [-0.25, -0.2) is 0 Å². The van der Waals surface area contributed by atoms with Gasteiger partial charge in [-0.1, -0.05) is 90.5 Å². The van der Waals surface area contributed by atoms with Gasteiger partial charge in [0.1, 0.15) is 0 Å². The quantitative estimate of drug-likeness (QED) is 0.276. The highest BCUT2D eigenvalue weighted by Gasteiger charge is 2.14. The van der Waals surface area contributed by atoms with E-state index >= 15 is 0 Å². The summed E-state index contributed by atoms with van der Waals surface area (Å²) in [5.41, 5.74) is 9.91. The molecule has 152 valence electrons. The lowest BCUT2D eigenvalue weighted by Crippen LogP contribution is -1.93. The first-order chi connectivity index (χ1) is 15.8. The summed E-state index contributed by atoms with van der Waals surface area (Å²) in [4.78, 5) is 0. The third-order valence-electron chi connectivity index (χ3n) is 6.24. The van der Waals surface area contributed by atoms with E-state index in [-0.39, 0.29) is 0 Å². The van der Waals surface area contributed by atoms with Gasteiger partial charge in [0.15, 0.2) is 0 Å². The summed E-state index contributed by atoms with van der Waals surface area (Å²) in [6, 6.07) is 43.7. The highest BCUT2D eigenvalue weighted by Crippen LogP contribution is 2.37. The predicted molar refractivity (Wildman–Crippen MR) is 136 cm³/mol. The van der Waals surface area contributed by atoms with Gasteiger partial charge in [-0.05, 0) is 65.6 Å². The highest BCUT2D eigenvalue weighted by molar-refractivity contribution is 6.11. The lowest BCUT2D eigenvalue weighted by molar-refractivity contribution is 1.18. The molecule has 0 aliphatic carbocycles. The number of hydrogen-bond acceptors (Lipinski definition) is 0. The van der Waals surface area contributed by atoms with Crippen molar-refractivity contribution < 1.29 is 0 Å². The van der Waals surface area contributed by atoms with Crippen LogP contribution in [0, 0.1) is 6.92 Å². The van der Waals surface area contributed by atoms with Crippen molar-refractivity contribution in [1.82, 2.24) is 4.57 Å². The minimum absolute atomic E-state index is 1.18. The molecule has 0 N–H and O–H groups in total. The third-order valence-corrected chi connectivity index (χ3v) is 6.24. The summed E-state index contributed by atoms with van der Waals surface area (Å²) in [5, 5.41) is 2.56. The average molecular weight is 410 g/mol. The zero-order valence-electron chi connectivity index (χ0n) is 18.0. The van der Waals surface area contributed by atoms with E-state index in [0.717, 1.165) is 0 Å². The van der Waals surface area contributed by atoms with Crippen LogP contribution in [0.4, 0.5) is 0 Å². The highest BCUT2D eigenvalue weighted by atomic mass is 15.0. The van der Waals surface area contributed by atoms with Gasteiger partial charge < -0.3 is 4.57 Å². The van der Waals surface area contributed by atoms with Gasteiger partial charge in [0.2, 0.25) is 0 Å². The monoisotopic (exact) mass is 409 g/mol. The standard InChI is InChI=1S/C31H23N/c1-22-9-8-12-24(19-22)26-16-18-31-29(21-26)28-20-25(23-10-4-2-5-11-23)15-17-30(28)32(31)27-13-6-3-7-14-27/h2-21H,1H3. The Morgan fingerprint density at radius 2 is 0.969 bits per heavy atom. The smallest absolute Gasteiger partial charge is 0.0541 e. The molecule has 0 fully saturated rings. The zero-order chi connectivity index (χ0) is 21.5. The number of rotatable bonds is 3. The molecule has 1 heteroatoms. The van der Waals surface area contributed by atoms with Crippen LogP contribution in [0.2, 0.25) is 0 Å². The Labute approximate surface area is 188 Å². The van der Waals surface area contributed by atoms with Crippen LogP contribution >= 0.6 is 0 Å². The number of aryl methyl sites for hydroxylation is 1. The van der Waals surface area contributed by atoms with E-state index in [1.165, 1.54) is 55.3 Å². The molecule has 0 atom stereocenters. The van der Waals surface area contributed by atoms with Crippen LogP contribution in [0.25, 0.3) is 49.7 Å². The number of benzene rings is 5. The molecule has 32 heavy (non-hydrogen) atoms. The second-order valence-corrected chi connectivity index (χ2v) is 8.37. The molecule has 6 aromatic rings. The van der Waals surface area contributed by atoms with E-state index in [2.05, 4.69) is 133 Å². The summed E-state index contributed by atoms with van der Waals surface area (Å²) >= 11 is 0. The van der Waals surface area contributed by atoms with Crippen molar-refractivity contribution in [3.8, 4) is 27.9 Å². The molecule has 0 unspecified atom stereocenters. The maximum atomic E-state index is 2.37. The van der Waals surface area contributed by atoms with Gasteiger partial charge in [0.25, 0.3) is 0 Å². The molecule has 6 rings (SSSR count). The van der Waals surface area contributed by atoms with E-state index < -0.39 is 0 Å².